The molecule has 16 heavy (non-hydrogen) atoms. The minimum atomic E-state index is 0.212. The first kappa shape index (κ1) is 13.1. The molecule has 0 spiro atoms. The van der Waals surface area contributed by atoms with Crippen molar-refractivity contribution in [3.63, 3.8) is 0 Å². The van der Waals surface area contributed by atoms with Gasteiger partial charge >= 0.3 is 0 Å². The zero-order valence-corrected chi connectivity index (χ0v) is 10.6. The van der Waals surface area contributed by atoms with E-state index in [9.17, 15) is 0 Å². The lowest BCUT2D eigenvalue weighted by atomic mass is 10.3. The fourth-order valence-corrected chi connectivity index (χ4v) is 1.44. The smallest absolute Gasteiger partial charge is 0.208 e. The third kappa shape index (κ3) is 3.89. The van der Waals surface area contributed by atoms with Crippen molar-refractivity contribution in [3.8, 4) is 0 Å². The van der Waals surface area contributed by atoms with Crippen LogP contribution in [0.25, 0.3) is 0 Å². The van der Waals surface area contributed by atoms with Crippen LogP contribution in [0, 0.1) is 0 Å². The number of aliphatic imine (C=N–C) groups is 1. The Morgan fingerprint density at radius 2 is 1.88 bits per heavy atom. The number of rotatable bonds is 3. The molecule has 1 rings (SSSR count). The maximum absolute atomic E-state index is 5.94. The molecule has 0 heterocycles. The van der Waals surface area contributed by atoms with Crippen LogP contribution in [0.4, 0.5) is 5.69 Å². The Morgan fingerprint density at radius 3 is 2.38 bits per heavy atom. The summed E-state index contributed by atoms with van der Waals surface area (Å²) in [6, 6.07) is 5.40. The summed E-state index contributed by atoms with van der Waals surface area (Å²) in [6.07, 6.45) is 0. The molecule has 0 amide bonds. The number of benzene rings is 1. The van der Waals surface area contributed by atoms with Gasteiger partial charge in [-0.1, -0.05) is 29.3 Å². The molecule has 0 atom stereocenters. The molecule has 0 aliphatic carbocycles. The third-order valence-electron chi connectivity index (χ3n) is 1.66. The average molecular weight is 261 g/mol. The summed E-state index contributed by atoms with van der Waals surface area (Å²) >= 11 is 11.9. The number of hydrazine groups is 1. The first-order valence-corrected chi connectivity index (χ1v) is 5.56. The van der Waals surface area contributed by atoms with Crippen molar-refractivity contribution in [2.75, 3.05) is 0 Å². The lowest BCUT2D eigenvalue weighted by Gasteiger charge is -2.10. The van der Waals surface area contributed by atoms with Gasteiger partial charge in [0, 0.05) is 6.04 Å². The van der Waals surface area contributed by atoms with E-state index >= 15 is 0 Å². The molecule has 1 aromatic rings. The van der Waals surface area contributed by atoms with Crippen molar-refractivity contribution in [2.24, 2.45) is 10.7 Å². The van der Waals surface area contributed by atoms with Gasteiger partial charge in [-0.2, -0.15) is 0 Å². The number of hydrogen-bond acceptors (Lipinski definition) is 2. The molecule has 0 aromatic heterocycles. The van der Waals surface area contributed by atoms with E-state index in [4.69, 9.17) is 28.9 Å². The normalized spacial score (nSPS) is 11.9. The Kier molecular flexibility index (Phi) is 4.86. The van der Waals surface area contributed by atoms with Crippen LogP contribution in [0.15, 0.2) is 23.2 Å². The van der Waals surface area contributed by atoms with Crippen molar-refractivity contribution in [1.29, 1.82) is 0 Å². The van der Waals surface area contributed by atoms with Gasteiger partial charge in [0.15, 0.2) is 0 Å². The number of nitrogens with zero attached hydrogens (tertiary/aromatic N) is 1. The average Bonchev–Trinajstić information content (AvgIpc) is 2.21. The zero-order chi connectivity index (χ0) is 12.1. The molecule has 0 saturated carbocycles. The molecule has 0 fully saturated rings. The molecule has 1 aromatic carbocycles. The minimum Gasteiger partial charge on any atom is -0.369 e. The van der Waals surface area contributed by atoms with Crippen LogP contribution in [0.5, 0.6) is 0 Å². The molecule has 0 aliphatic rings. The van der Waals surface area contributed by atoms with E-state index in [1.54, 1.807) is 18.2 Å². The molecule has 88 valence electrons. The van der Waals surface area contributed by atoms with E-state index in [2.05, 4.69) is 15.8 Å². The van der Waals surface area contributed by atoms with Crippen LogP contribution in [0.3, 0.4) is 0 Å². The van der Waals surface area contributed by atoms with Crippen molar-refractivity contribution in [3.05, 3.63) is 28.2 Å². The van der Waals surface area contributed by atoms with E-state index in [1.165, 1.54) is 0 Å². The van der Waals surface area contributed by atoms with Gasteiger partial charge < -0.3 is 5.73 Å². The number of hydrogen-bond donors (Lipinski definition) is 3. The summed E-state index contributed by atoms with van der Waals surface area (Å²) in [5, 5.41) is 0.920. The molecule has 6 heteroatoms. The van der Waals surface area contributed by atoms with Gasteiger partial charge in [0.05, 0.1) is 10.0 Å². The Morgan fingerprint density at radius 1 is 1.31 bits per heavy atom. The highest BCUT2D eigenvalue weighted by Crippen LogP contribution is 2.32. The summed E-state index contributed by atoms with van der Waals surface area (Å²) in [6.45, 7) is 3.95. The monoisotopic (exact) mass is 260 g/mol. The summed E-state index contributed by atoms with van der Waals surface area (Å²) < 4.78 is 0. The van der Waals surface area contributed by atoms with Gasteiger partial charge in [-0.15, -0.1) is 0 Å². The fraction of sp³-hybridized carbons (Fsp3) is 0.300. The molecule has 0 radical (unpaired) electrons. The Labute approximate surface area is 105 Å². The third-order valence-corrected chi connectivity index (χ3v) is 2.27. The molecule has 4 nitrogen and oxygen atoms in total. The second kappa shape index (κ2) is 5.94. The highest BCUT2D eigenvalue weighted by Gasteiger charge is 2.04. The maximum Gasteiger partial charge on any atom is 0.208 e. The van der Waals surface area contributed by atoms with Gasteiger partial charge in [0.2, 0.25) is 5.96 Å². The number of para-hydroxylation sites is 1. The largest absolute Gasteiger partial charge is 0.369 e. The Bertz CT molecular complexity index is 370. The minimum absolute atomic E-state index is 0.212. The summed E-state index contributed by atoms with van der Waals surface area (Å²) in [5.74, 6) is 0.212. The molecule has 4 N–H and O–H groups in total. The van der Waals surface area contributed by atoms with E-state index in [0.717, 1.165) is 0 Å². The van der Waals surface area contributed by atoms with Crippen LogP contribution in [-0.4, -0.2) is 12.0 Å². The highest BCUT2D eigenvalue weighted by atomic mass is 35.5. The SMILES string of the molecule is CC(C)NNC(N)=Nc1c(Cl)cccc1Cl. The lowest BCUT2D eigenvalue weighted by molar-refractivity contribution is 0.556. The van der Waals surface area contributed by atoms with Crippen molar-refractivity contribution in [2.45, 2.75) is 19.9 Å². The van der Waals surface area contributed by atoms with Crippen molar-refractivity contribution in [1.82, 2.24) is 10.9 Å². The van der Waals surface area contributed by atoms with Gasteiger partial charge in [0.1, 0.15) is 5.69 Å². The molecule has 0 saturated heterocycles. The molecular weight excluding hydrogens is 247 g/mol. The second-order valence-electron chi connectivity index (χ2n) is 3.49. The van der Waals surface area contributed by atoms with E-state index < -0.39 is 0 Å². The zero-order valence-electron chi connectivity index (χ0n) is 9.09. The molecular formula is C10H14Cl2N4. The van der Waals surface area contributed by atoms with E-state index in [0.29, 0.717) is 15.7 Å². The number of nitrogens with two attached hydrogens (primary N) is 1. The van der Waals surface area contributed by atoms with Crippen LogP contribution in [-0.2, 0) is 0 Å². The Hall–Kier alpha value is -0.970. The summed E-state index contributed by atoms with van der Waals surface area (Å²) in [4.78, 5) is 4.09. The fourth-order valence-electron chi connectivity index (χ4n) is 0.963. The Balaban J connectivity index is 2.81. The van der Waals surface area contributed by atoms with Gasteiger partial charge in [-0.3, -0.25) is 5.43 Å². The highest BCUT2D eigenvalue weighted by molar-refractivity contribution is 6.38. The maximum atomic E-state index is 5.94. The summed E-state index contributed by atoms with van der Waals surface area (Å²) in [5.41, 5.74) is 11.8. The summed E-state index contributed by atoms with van der Waals surface area (Å²) in [7, 11) is 0. The lowest BCUT2D eigenvalue weighted by Crippen LogP contribution is -2.45. The van der Waals surface area contributed by atoms with Gasteiger partial charge in [-0.25, -0.2) is 10.4 Å². The van der Waals surface area contributed by atoms with Gasteiger partial charge in [0.25, 0.3) is 0 Å². The predicted octanol–water partition coefficient (Wildman–Crippen LogP) is 2.44. The van der Waals surface area contributed by atoms with Crippen molar-refractivity contribution < 1.29 is 0 Å². The molecule has 0 aliphatic heterocycles. The molecule has 0 unspecified atom stereocenters. The number of halogens is 2. The first-order chi connectivity index (χ1) is 7.50. The topological polar surface area (TPSA) is 62.4 Å². The number of guanidine groups is 1. The van der Waals surface area contributed by atoms with Gasteiger partial charge in [-0.05, 0) is 26.0 Å². The van der Waals surface area contributed by atoms with E-state index in [-0.39, 0.29) is 12.0 Å². The molecule has 0 bridgehead atoms. The van der Waals surface area contributed by atoms with Crippen LogP contribution in [0.1, 0.15) is 13.8 Å². The first-order valence-electron chi connectivity index (χ1n) is 4.80. The van der Waals surface area contributed by atoms with Crippen LogP contribution in [0.2, 0.25) is 10.0 Å². The number of nitrogens with one attached hydrogen (secondary N) is 2. The predicted molar refractivity (Wildman–Crippen MR) is 69.2 cm³/mol. The van der Waals surface area contributed by atoms with Crippen LogP contribution < -0.4 is 16.6 Å². The second-order valence-corrected chi connectivity index (χ2v) is 4.31. The van der Waals surface area contributed by atoms with Crippen molar-refractivity contribution >= 4 is 34.8 Å². The standard InChI is InChI=1S/C10H14Cl2N4/c1-6(2)15-16-10(13)14-9-7(11)4-3-5-8(9)12/h3-6,15H,1-2H3,(H3,13,14,16). The van der Waals surface area contributed by atoms with E-state index in [1.807, 2.05) is 13.8 Å². The van der Waals surface area contributed by atoms with Crippen LogP contribution >= 0.6 is 23.2 Å². The quantitative estimate of drug-likeness (QED) is 0.445.